The first-order valence-corrected chi connectivity index (χ1v) is 5.26. The van der Waals surface area contributed by atoms with Crippen LogP contribution in [0.3, 0.4) is 0 Å². The highest BCUT2D eigenvalue weighted by Crippen LogP contribution is 2.41. The van der Waals surface area contributed by atoms with E-state index in [-0.39, 0.29) is 0 Å². The Balaban J connectivity index is 1.77. The molecule has 74 valence electrons. The van der Waals surface area contributed by atoms with Crippen LogP contribution in [-0.4, -0.2) is 37.5 Å². The van der Waals surface area contributed by atoms with Gasteiger partial charge in [-0.05, 0) is 38.8 Å². The number of nitrogens with zero attached hydrogens (tertiary/aromatic N) is 1. The van der Waals surface area contributed by atoms with Crippen LogP contribution in [0.15, 0.2) is 0 Å². The molecular weight excluding hydrogens is 164 g/mol. The first-order valence-electron chi connectivity index (χ1n) is 5.26. The van der Waals surface area contributed by atoms with Gasteiger partial charge < -0.3 is 10.2 Å². The summed E-state index contributed by atoms with van der Waals surface area (Å²) in [6, 6.07) is 0. The first-order chi connectivity index (χ1) is 6.33. The largest absolute Gasteiger partial charge is 0.342 e. The van der Waals surface area contributed by atoms with Crippen molar-refractivity contribution < 1.29 is 4.79 Å². The zero-order valence-corrected chi connectivity index (χ0v) is 8.25. The number of likely N-dealkylation sites (tertiary alicyclic amines) is 1. The second-order valence-electron chi connectivity index (χ2n) is 4.19. The minimum atomic E-state index is 0.412. The third-order valence-corrected chi connectivity index (χ3v) is 3.36. The molecule has 0 aromatic heterocycles. The predicted octanol–water partition coefficient (Wildman–Crippen LogP) is 0.464. The lowest BCUT2D eigenvalue weighted by Gasteiger charge is -2.25. The van der Waals surface area contributed by atoms with Crippen LogP contribution < -0.4 is 5.32 Å². The van der Waals surface area contributed by atoms with Crippen molar-refractivity contribution in [2.75, 3.05) is 26.7 Å². The van der Waals surface area contributed by atoms with E-state index in [9.17, 15) is 4.79 Å². The first kappa shape index (κ1) is 9.00. The van der Waals surface area contributed by atoms with Crippen LogP contribution in [0.4, 0.5) is 0 Å². The fraction of sp³-hybridized carbons (Fsp3) is 0.900. The zero-order valence-electron chi connectivity index (χ0n) is 8.25. The lowest BCUT2D eigenvalue weighted by atomic mass is 9.76. The van der Waals surface area contributed by atoms with Gasteiger partial charge in [0.25, 0.3) is 0 Å². The summed E-state index contributed by atoms with van der Waals surface area (Å²) in [6.45, 7) is 3.00. The maximum atomic E-state index is 11.7. The van der Waals surface area contributed by atoms with E-state index in [1.807, 2.05) is 7.05 Å². The molecule has 2 unspecified atom stereocenters. The highest BCUT2D eigenvalue weighted by Gasteiger charge is 2.45. The molecule has 1 amide bonds. The quantitative estimate of drug-likeness (QED) is 0.641. The number of fused-ring (bicyclic) bond motifs is 1. The summed E-state index contributed by atoms with van der Waals surface area (Å²) in [6.07, 6.45) is 3.51. The molecule has 2 fully saturated rings. The Morgan fingerprint density at radius 2 is 2.38 bits per heavy atom. The summed E-state index contributed by atoms with van der Waals surface area (Å²) < 4.78 is 0. The molecule has 0 aromatic carbocycles. The maximum absolute atomic E-state index is 11.7. The van der Waals surface area contributed by atoms with Crippen molar-refractivity contribution in [3.05, 3.63) is 0 Å². The Morgan fingerprint density at radius 3 is 2.85 bits per heavy atom. The molecule has 2 aliphatic rings. The topological polar surface area (TPSA) is 32.3 Å². The molecule has 13 heavy (non-hydrogen) atoms. The van der Waals surface area contributed by atoms with Crippen molar-refractivity contribution in [1.29, 1.82) is 0 Å². The minimum absolute atomic E-state index is 0.412. The molecule has 3 nitrogen and oxygen atoms in total. The average Bonchev–Trinajstić information content (AvgIpc) is 2.27. The maximum Gasteiger partial charge on any atom is 0.226 e. The lowest BCUT2D eigenvalue weighted by Crippen LogP contribution is -2.30. The van der Waals surface area contributed by atoms with Crippen LogP contribution in [0.25, 0.3) is 0 Å². The van der Waals surface area contributed by atoms with Crippen molar-refractivity contribution in [2.45, 2.75) is 19.3 Å². The zero-order chi connectivity index (χ0) is 9.26. The van der Waals surface area contributed by atoms with Gasteiger partial charge in [0.2, 0.25) is 5.91 Å². The van der Waals surface area contributed by atoms with E-state index in [0.717, 1.165) is 32.5 Å². The molecule has 0 spiro atoms. The normalized spacial score (nSPS) is 31.8. The molecule has 1 saturated carbocycles. The standard InChI is InChI=1S/C10H18N2O/c1-11-5-2-6-12-7-8-3-4-9(8)10(12)13/h8-9,11H,2-7H2,1H3. The molecule has 0 radical (unpaired) electrons. The van der Waals surface area contributed by atoms with E-state index in [0.29, 0.717) is 17.7 Å². The SMILES string of the molecule is CNCCCN1CC2CCC2C1=O. The van der Waals surface area contributed by atoms with Gasteiger partial charge in [0.1, 0.15) is 0 Å². The molecule has 1 aliphatic carbocycles. The number of rotatable bonds is 4. The van der Waals surface area contributed by atoms with E-state index in [2.05, 4.69) is 10.2 Å². The van der Waals surface area contributed by atoms with Crippen molar-refractivity contribution in [1.82, 2.24) is 10.2 Å². The van der Waals surface area contributed by atoms with E-state index in [1.165, 1.54) is 6.42 Å². The summed E-state index contributed by atoms with van der Waals surface area (Å²) in [4.78, 5) is 13.7. The summed E-state index contributed by atoms with van der Waals surface area (Å²) in [7, 11) is 1.95. The van der Waals surface area contributed by atoms with Gasteiger partial charge in [-0.3, -0.25) is 4.79 Å². The summed E-state index contributed by atoms with van der Waals surface area (Å²) >= 11 is 0. The van der Waals surface area contributed by atoms with E-state index < -0.39 is 0 Å². The van der Waals surface area contributed by atoms with Crippen LogP contribution in [0, 0.1) is 11.8 Å². The number of hydrogen-bond donors (Lipinski definition) is 1. The Morgan fingerprint density at radius 1 is 1.54 bits per heavy atom. The number of hydrogen-bond acceptors (Lipinski definition) is 2. The van der Waals surface area contributed by atoms with Crippen LogP contribution >= 0.6 is 0 Å². The lowest BCUT2D eigenvalue weighted by molar-refractivity contribution is -0.132. The van der Waals surface area contributed by atoms with Crippen molar-refractivity contribution in [3.63, 3.8) is 0 Å². The van der Waals surface area contributed by atoms with Gasteiger partial charge in [-0.25, -0.2) is 0 Å². The molecular formula is C10H18N2O. The molecule has 1 heterocycles. The fourth-order valence-corrected chi connectivity index (χ4v) is 2.37. The number of nitrogens with one attached hydrogen (secondary N) is 1. The monoisotopic (exact) mass is 182 g/mol. The summed E-state index contributed by atoms with van der Waals surface area (Å²) in [5.41, 5.74) is 0. The smallest absolute Gasteiger partial charge is 0.226 e. The molecule has 1 saturated heterocycles. The molecule has 1 aliphatic heterocycles. The van der Waals surface area contributed by atoms with Gasteiger partial charge in [0, 0.05) is 19.0 Å². The second kappa shape index (κ2) is 3.66. The minimum Gasteiger partial charge on any atom is -0.342 e. The highest BCUT2D eigenvalue weighted by molar-refractivity contribution is 5.82. The Bertz CT molecular complexity index is 205. The molecule has 2 rings (SSSR count). The summed E-state index contributed by atoms with van der Waals surface area (Å²) in [5.74, 6) is 1.55. The van der Waals surface area contributed by atoms with Gasteiger partial charge in [0.05, 0.1) is 0 Å². The Hall–Kier alpha value is -0.570. The fourth-order valence-electron chi connectivity index (χ4n) is 2.37. The van der Waals surface area contributed by atoms with E-state index in [1.54, 1.807) is 0 Å². The Kier molecular flexibility index (Phi) is 2.54. The van der Waals surface area contributed by atoms with Gasteiger partial charge in [-0.1, -0.05) is 0 Å². The second-order valence-corrected chi connectivity index (χ2v) is 4.19. The van der Waals surface area contributed by atoms with Gasteiger partial charge in [0.15, 0.2) is 0 Å². The van der Waals surface area contributed by atoms with Crippen LogP contribution in [0.2, 0.25) is 0 Å². The van der Waals surface area contributed by atoms with Gasteiger partial charge in [-0.2, -0.15) is 0 Å². The Labute approximate surface area is 79.5 Å². The predicted molar refractivity (Wildman–Crippen MR) is 51.3 cm³/mol. The van der Waals surface area contributed by atoms with Crippen molar-refractivity contribution in [3.8, 4) is 0 Å². The van der Waals surface area contributed by atoms with Crippen LogP contribution in [0.1, 0.15) is 19.3 Å². The van der Waals surface area contributed by atoms with Gasteiger partial charge >= 0.3 is 0 Å². The number of carbonyl (C=O) groups excluding carboxylic acids is 1. The average molecular weight is 182 g/mol. The molecule has 3 heteroatoms. The van der Waals surface area contributed by atoms with E-state index in [4.69, 9.17) is 0 Å². The van der Waals surface area contributed by atoms with Gasteiger partial charge in [-0.15, -0.1) is 0 Å². The van der Waals surface area contributed by atoms with Crippen molar-refractivity contribution >= 4 is 5.91 Å². The molecule has 0 aromatic rings. The molecule has 1 N–H and O–H groups in total. The highest BCUT2D eigenvalue weighted by atomic mass is 16.2. The van der Waals surface area contributed by atoms with Crippen molar-refractivity contribution in [2.24, 2.45) is 11.8 Å². The third kappa shape index (κ3) is 1.57. The van der Waals surface area contributed by atoms with E-state index >= 15 is 0 Å². The molecule has 0 bridgehead atoms. The number of amides is 1. The summed E-state index contributed by atoms with van der Waals surface area (Å²) in [5, 5.41) is 3.11. The van der Waals surface area contributed by atoms with Crippen LogP contribution in [-0.2, 0) is 4.79 Å². The number of carbonyl (C=O) groups is 1. The van der Waals surface area contributed by atoms with Crippen LogP contribution in [0.5, 0.6) is 0 Å². The molecule has 2 atom stereocenters. The third-order valence-electron chi connectivity index (χ3n) is 3.36.